The number of amides is 1. The number of aryl methyl sites for hydroxylation is 1. The normalized spacial score (nSPS) is 15.0. The summed E-state index contributed by atoms with van der Waals surface area (Å²) in [4.78, 5) is 14.5. The van der Waals surface area contributed by atoms with Crippen molar-refractivity contribution in [2.45, 2.75) is 11.8 Å². The van der Waals surface area contributed by atoms with E-state index in [1.54, 1.807) is 44.3 Å². The Hall–Kier alpha value is -2.73. The first-order chi connectivity index (χ1) is 13.3. The fourth-order valence-electron chi connectivity index (χ4n) is 3.01. The zero-order chi connectivity index (χ0) is 20.3. The maximum atomic E-state index is 13.0. The van der Waals surface area contributed by atoms with E-state index in [0.717, 1.165) is 0 Å². The first kappa shape index (κ1) is 20.0. The monoisotopic (exact) mass is 399 g/mol. The fraction of sp³-hybridized carbons (Fsp3) is 0.300. The maximum Gasteiger partial charge on any atom is 0.258 e. The molecule has 0 unspecified atom stereocenters. The number of anilines is 1. The molecule has 1 heterocycles. The quantitative estimate of drug-likeness (QED) is 0.786. The number of hydrogen-bond acceptors (Lipinski definition) is 5. The number of ether oxygens (including phenoxy) is 1. The molecular formula is C20H21N3O4S. The largest absolute Gasteiger partial charge is 0.379 e. The SMILES string of the molecule is Cc1ccc(S(=O)(=O)N2CCOCC2)cc1C(=O)N(C)c1cccc(C#N)c1. The molecule has 1 saturated heterocycles. The van der Waals surface area contributed by atoms with Crippen molar-refractivity contribution >= 4 is 21.6 Å². The van der Waals surface area contributed by atoms with Crippen molar-refractivity contribution in [2.75, 3.05) is 38.3 Å². The van der Waals surface area contributed by atoms with Crippen molar-refractivity contribution in [2.24, 2.45) is 0 Å². The molecule has 0 saturated carbocycles. The molecule has 28 heavy (non-hydrogen) atoms. The highest BCUT2D eigenvalue weighted by Gasteiger charge is 2.28. The van der Waals surface area contributed by atoms with Crippen LogP contribution < -0.4 is 4.90 Å². The first-order valence-electron chi connectivity index (χ1n) is 8.81. The number of benzene rings is 2. The zero-order valence-electron chi connectivity index (χ0n) is 15.8. The van der Waals surface area contributed by atoms with Crippen LogP contribution in [0.1, 0.15) is 21.5 Å². The summed E-state index contributed by atoms with van der Waals surface area (Å²) in [7, 11) is -2.10. The Labute approximate surface area is 164 Å². The Kier molecular flexibility index (Phi) is 5.79. The highest BCUT2D eigenvalue weighted by molar-refractivity contribution is 7.89. The van der Waals surface area contributed by atoms with Gasteiger partial charge in [-0.2, -0.15) is 9.57 Å². The third-order valence-electron chi connectivity index (χ3n) is 4.71. The average molecular weight is 399 g/mol. The van der Waals surface area contributed by atoms with E-state index in [-0.39, 0.29) is 10.8 Å². The standard InChI is InChI=1S/C20H21N3O4S/c1-15-6-7-18(28(25,26)23-8-10-27-11-9-23)13-19(15)20(24)22(2)17-5-3-4-16(12-17)14-21/h3-7,12-13H,8-11H2,1-2H3. The van der Waals surface area contributed by atoms with Crippen LogP contribution in [-0.2, 0) is 14.8 Å². The molecule has 1 amide bonds. The minimum atomic E-state index is -3.70. The van der Waals surface area contributed by atoms with Crippen molar-refractivity contribution in [1.29, 1.82) is 5.26 Å². The second kappa shape index (κ2) is 8.10. The number of nitriles is 1. The van der Waals surface area contributed by atoms with Crippen molar-refractivity contribution in [3.8, 4) is 6.07 Å². The Bertz CT molecular complexity index is 1040. The predicted octanol–water partition coefficient (Wildman–Crippen LogP) is 2.16. The van der Waals surface area contributed by atoms with Gasteiger partial charge in [-0.1, -0.05) is 12.1 Å². The van der Waals surface area contributed by atoms with E-state index in [9.17, 15) is 13.2 Å². The first-order valence-corrected chi connectivity index (χ1v) is 10.3. The lowest BCUT2D eigenvalue weighted by atomic mass is 10.1. The molecule has 0 radical (unpaired) electrons. The van der Waals surface area contributed by atoms with Crippen LogP contribution in [0.4, 0.5) is 5.69 Å². The van der Waals surface area contributed by atoms with Gasteiger partial charge in [-0.15, -0.1) is 0 Å². The van der Waals surface area contributed by atoms with Crippen molar-refractivity contribution in [1.82, 2.24) is 4.31 Å². The number of nitrogens with zero attached hydrogens (tertiary/aromatic N) is 3. The van der Waals surface area contributed by atoms with Crippen LogP contribution in [0.5, 0.6) is 0 Å². The van der Waals surface area contributed by atoms with Gasteiger partial charge >= 0.3 is 0 Å². The molecule has 2 aromatic carbocycles. The molecule has 0 N–H and O–H groups in total. The summed E-state index contributed by atoms with van der Waals surface area (Å²) in [5.41, 5.74) is 1.98. The van der Waals surface area contributed by atoms with Gasteiger partial charge in [0.1, 0.15) is 0 Å². The molecular weight excluding hydrogens is 378 g/mol. The van der Waals surface area contributed by atoms with Crippen LogP contribution >= 0.6 is 0 Å². The Balaban J connectivity index is 1.94. The molecule has 0 atom stereocenters. The number of carbonyl (C=O) groups is 1. The molecule has 1 fully saturated rings. The zero-order valence-corrected chi connectivity index (χ0v) is 16.6. The Morgan fingerprint density at radius 1 is 1.18 bits per heavy atom. The fourth-order valence-corrected chi connectivity index (χ4v) is 4.44. The van der Waals surface area contributed by atoms with Crippen LogP contribution in [0, 0.1) is 18.3 Å². The van der Waals surface area contributed by atoms with Crippen molar-refractivity contribution < 1.29 is 17.9 Å². The molecule has 1 aliphatic rings. The lowest BCUT2D eigenvalue weighted by Crippen LogP contribution is -2.40. The highest BCUT2D eigenvalue weighted by atomic mass is 32.2. The van der Waals surface area contributed by atoms with Crippen molar-refractivity contribution in [3.05, 3.63) is 59.2 Å². The minimum absolute atomic E-state index is 0.0857. The van der Waals surface area contributed by atoms with Gasteiger partial charge in [0.25, 0.3) is 5.91 Å². The molecule has 0 spiro atoms. The van der Waals surface area contributed by atoms with Gasteiger partial charge in [0.05, 0.1) is 29.7 Å². The maximum absolute atomic E-state index is 13.0. The lowest BCUT2D eigenvalue weighted by Gasteiger charge is -2.26. The predicted molar refractivity (Wildman–Crippen MR) is 105 cm³/mol. The summed E-state index contributed by atoms with van der Waals surface area (Å²) < 4.78 is 32.4. The van der Waals surface area contributed by atoms with Crippen LogP contribution in [0.3, 0.4) is 0 Å². The molecule has 2 aromatic rings. The van der Waals surface area contributed by atoms with Gasteiger partial charge < -0.3 is 9.64 Å². The van der Waals surface area contributed by atoms with Gasteiger partial charge in [0.15, 0.2) is 0 Å². The molecule has 146 valence electrons. The number of carbonyl (C=O) groups excluding carboxylic acids is 1. The smallest absolute Gasteiger partial charge is 0.258 e. The topological polar surface area (TPSA) is 90.7 Å². The molecule has 0 aromatic heterocycles. The van der Waals surface area contributed by atoms with Crippen LogP contribution in [-0.4, -0.2) is 52.0 Å². The number of hydrogen-bond donors (Lipinski definition) is 0. The van der Waals surface area contributed by atoms with E-state index < -0.39 is 10.0 Å². The molecule has 3 rings (SSSR count). The van der Waals surface area contributed by atoms with Crippen molar-refractivity contribution in [3.63, 3.8) is 0 Å². The minimum Gasteiger partial charge on any atom is -0.379 e. The van der Waals surface area contributed by atoms with Gasteiger partial charge in [-0.05, 0) is 42.8 Å². The van der Waals surface area contributed by atoms with Gasteiger partial charge in [0.2, 0.25) is 10.0 Å². The third kappa shape index (κ3) is 3.92. The number of sulfonamides is 1. The van der Waals surface area contributed by atoms with E-state index in [1.807, 2.05) is 6.07 Å². The van der Waals surface area contributed by atoms with E-state index in [2.05, 4.69) is 0 Å². The van der Waals surface area contributed by atoms with Crippen LogP contribution in [0.15, 0.2) is 47.4 Å². The third-order valence-corrected chi connectivity index (χ3v) is 6.61. The summed E-state index contributed by atoms with van der Waals surface area (Å²) in [6, 6.07) is 13.3. The highest BCUT2D eigenvalue weighted by Crippen LogP contribution is 2.23. The van der Waals surface area contributed by atoms with Gasteiger partial charge in [0, 0.05) is 31.4 Å². The summed E-state index contributed by atoms with van der Waals surface area (Å²) in [5, 5.41) is 9.06. The lowest BCUT2D eigenvalue weighted by molar-refractivity contribution is 0.0730. The molecule has 1 aliphatic heterocycles. The molecule has 0 aliphatic carbocycles. The van der Waals surface area contributed by atoms with E-state index in [0.29, 0.717) is 48.7 Å². The number of morpholine rings is 1. The average Bonchev–Trinajstić information content (AvgIpc) is 2.73. The summed E-state index contributed by atoms with van der Waals surface area (Å²) in [6.45, 7) is 3.06. The van der Waals surface area contributed by atoms with E-state index in [4.69, 9.17) is 10.00 Å². The van der Waals surface area contributed by atoms with Crippen LogP contribution in [0.2, 0.25) is 0 Å². The molecule has 7 nitrogen and oxygen atoms in total. The summed E-state index contributed by atoms with van der Waals surface area (Å²) in [6.07, 6.45) is 0. The summed E-state index contributed by atoms with van der Waals surface area (Å²) >= 11 is 0. The number of rotatable bonds is 4. The second-order valence-corrected chi connectivity index (χ2v) is 8.46. The Morgan fingerprint density at radius 3 is 2.57 bits per heavy atom. The van der Waals surface area contributed by atoms with Gasteiger partial charge in [-0.25, -0.2) is 8.42 Å². The summed E-state index contributed by atoms with van der Waals surface area (Å²) in [5.74, 6) is -0.341. The van der Waals surface area contributed by atoms with E-state index in [1.165, 1.54) is 21.3 Å². The molecule has 8 heteroatoms. The Morgan fingerprint density at radius 2 is 1.89 bits per heavy atom. The second-order valence-electron chi connectivity index (χ2n) is 6.52. The van der Waals surface area contributed by atoms with Gasteiger partial charge in [-0.3, -0.25) is 4.79 Å². The van der Waals surface area contributed by atoms with Crippen LogP contribution in [0.25, 0.3) is 0 Å². The van der Waals surface area contributed by atoms with E-state index >= 15 is 0 Å². The molecule has 0 bridgehead atoms.